The second-order valence-electron chi connectivity index (χ2n) is 8.83. The molecule has 35 heavy (non-hydrogen) atoms. The lowest BCUT2D eigenvalue weighted by molar-refractivity contribution is -0.197. The molecule has 1 saturated heterocycles. The summed E-state index contributed by atoms with van der Waals surface area (Å²) in [7, 11) is 1.06. The number of benzene rings is 1. The molecule has 12 heteroatoms. The highest BCUT2D eigenvalue weighted by atomic mass is 19.4. The number of halogens is 5. The molecule has 7 nitrogen and oxygen atoms in total. The van der Waals surface area contributed by atoms with Crippen LogP contribution in [0.3, 0.4) is 0 Å². The normalized spacial score (nSPS) is 18.9. The van der Waals surface area contributed by atoms with Crippen molar-refractivity contribution in [1.82, 2.24) is 0 Å². The number of rotatable bonds is 7. The minimum absolute atomic E-state index is 0.0612. The summed E-state index contributed by atoms with van der Waals surface area (Å²) < 4.78 is 92.6. The molecular weight excluding hydrogens is 479 g/mol. The molecule has 2 N–H and O–H groups in total. The van der Waals surface area contributed by atoms with Gasteiger partial charge in [-0.15, -0.1) is 0 Å². The van der Waals surface area contributed by atoms with Crippen LogP contribution in [0.2, 0.25) is 0 Å². The molecule has 1 spiro atoms. The van der Waals surface area contributed by atoms with Gasteiger partial charge in [-0.1, -0.05) is 0 Å². The number of carbonyl (C=O) groups excluding carboxylic acids is 1. The second-order valence-corrected chi connectivity index (χ2v) is 8.83. The van der Waals surface area contributed by atoms with E-state index in [1.54, 1.807) is 0 Å². The zero-order chi connectivity index (χ0) is 25.4. The molecule has 0 atom stereocenters. The average Bonchev–Trinajstić information content (AvgIpc) is 3.42. The summed E-state index contributed by atoms with van der Waals surface area (Å²) in [5.74, 6) is -6.51. The first-order valence-electron chi connectivity index (χ1n) is 11.3. The van der Waals surface area contributed by atoms with Crippen LogP contribution in [0.5, 0.6) is 0 Å². The van der Waals surface area contributed by atoms with Gasteiger partial charge in [0.05, 0.1) is 38.1 Å². The Kier molecular flexibility index (Phi) is 7.00. The number of furan rings is 1. The van der Waals surface area contributed by atoms with Crippen LogP contribution in [0, 0.1) is 5.92 Å². The Morgan fingerprint density at radius 1 is 1.17 bits per heavy atom. The summed E-state index contributed by atoms with van der Waals surface area (Å²) in [6.45, 7) is -0.242. The molecule has 1 aliphatic carbocycles. The van der Waals surface area contributed by atoms with Gasteiger partial charge in [0, 0.05) is 37.2 Å². The fourth-order valence-corrected chi connectivity index (χ4v) is 4.88. The number of alkyl halides is 5. The zero-order valence-electron chi connectivity index (χ0n) is 19.1. The Balaban J connectivity index is 1.68. The van der Waals surface area contributed by atoms with Gasteiger partial charge in [0.1, 0.15) is 5.58 Å². The topological polar surface area (TPSA) is 87.2 Å². The van der Waals surface area contributed by atoms with Crippen LogP contribution in [-0.4, -0.2) is 57.6 Å². The first-order valence-corrected chi connectivity index (χ1v) is 11.3. The Labute approximate surface area is 198 Å². The lowest BCUT2D eigenvalue weighted by atomic mass is 9.81. The van der Waals surface area contributed by atoms with Crippen LogP contribution in [0.4, 0.5) is 27.6 Å². The summed E-state index contributed by atoms with van der Waals surface area (Å²) in [5, 5.41) is -0.125. The molecule has 194 valence electrons. The van der Waals surface area contributed by atoms with Crippen molar-refractivity contribution in [1.29, 1.82) is 0 Å². The van der Waals surface area contributed by atoms with Gasteiger partial charge < -0.3 is 29.3 Å². The van der Waals surface area contributed by atoms with Gasteiger partial charge in [-0.3, -0.25) is 0 Å². The van der Waals surface area contributed by atoms with E-state index in [4.69, 9.17) is 24.4 Å². The molecule has 2 aromatic rings. The number of hydrogen-bond donors (Lipinski definition) is 1. The number of ether oxygens (including phenoxy) is 3. The molecule has 2 aliphatic rings. The smallest absolute Gasteiger partial charge is 0.416 e. The van der Waals surface area contributed by atoms with Gasteiger partial charge in [0.2, 0.25) is 5.76 Å². The Morgan fingerprint density at radius 3 is 2.40 bits per heavy atom. The van der Waals surface area contributed by atoms with Gasteiger partial charge >= 0.3 is 12.1 Å². The Hall–Kier alpha value is -2.44. The molecule has 0 radical (unpaired) electrons. The molecule has 2 heterocycles. The van der Waals surface area contributed by atoms with Gasteiger partial charge in [-0.05, 0) is 31.0 Å². The minimum Gasteiger partial charge on any atom is -0.463 e. The standard InChI is InChI=1S/C23H27F5N2O5/c1-32-20(31)19-18(16-12-15(23(26,27)28)2-3-17(16)35-19)30(9-8-29)13-22(24,25)14-4-6-21(7-5-14)33-10-11-34-21/h2-3,12,14H,4-11,13,29H2,1H3. The number of carbonyl (C=O) groups is 1. The van der Waals surface area contributed by atoms with Crippen LogP contribution in [0.25, 0.3) is 11.0 Å². The zero-order valence-corrected chi connectivity index (χ0v) is 19.1. The molecule has 1 aliphatic heterocycles. The van der Waals surface area contributed by atoms with Gasteiger partial charge in [-0.25, -0.2) is 13.6 Å². The number of nitrogens with two attached hydrogens (primary N) is 1. The van der Waals surface area contributed by atoms with Crippen molar-refractivity contribution < 1.29 is 45.4 Å². The molecule has 0 unspecified atom stereocenters. The van der Waals surface area contributed by atoms with Crippen molar-refractivity contribution >= 4 is 22.6 Å². The monoisotopic (exact) mass is 506 g/mol. The highest BCUT2D eigenvalue weighted by Gasteiger charge is 2.49. The molecule has 1 saturated carbocycles. The number of fused-ring (bicyclic) bond motifs is 1. The van der Waals surface area contributed by atoms with Crippen LogP contribution >= 0.6 is 0 Å². The van der Waals surface area contributed by atoms with E-state index in [0.717, 1.165) is 30.2 Å². The number of nitrogens with zero attached hydrogens (tertiary/aromatic N) is 1. The van der Waals surface area contributed by atoms with Crippen LogP contribution in [0.1, 0.15) is 41.8 Å². The summed E-state index contributed by atoms with van der Waals surface area (Å²) in [6.07, 6.45) is -3.74. The molecule has 4 rings (SSSR count). The van der Waals surface area contributed by atoms with Crippen molar-refractivity contribution in [2.45, 2.75) is 43.6 Å². The van der Waals surface area contributed by atoms with Crippen molar-refractivity contribution in [3.05, 3.63) is 29.5 Å². The third kappa shape index (κ3) is 5.10. The van der Waals surface area contributed by atoms with Crippen molar-refractivity contribution in [3.8, 4) is 0 Å². The van der Waals surface area contributed by atoms with Crippen molar-refractivity contribution in [3.63, 3.8) is 0 Å². The molecule has 2 fully saturated rings. The second kappa shape index (κ2) is 9.55. The summed E-state index contributed by atoms with van der Waals surface area (Å²) in [5.41, 5.74) is 4.41. The van der Waals surface area contributed by atoms with Gasteiger partial charge in [0.15, 0.2) is 5.79 Å². The Bertz CT molecular complexity index is 1050. The number of hydrogen-bond acceptors (Lipinski definition) is 7. The van der Waals surface area contributed by atoms with E-state index in [1.165, 1.54) is 0 Å². The summed E-state index contributed by atoms with van der Waals surface area (Å²) >= 11 is 0. The summed E-state index contributed by atoms with van der Waals surface area (Å²) in [6, 6.07) is 2.63. The quantitative estimate of drug-likeness (QED) is 0.435. The fourth-order valence-electron chi connectivity index (χ4n) is 4.88. The average molecular weight is 506 g/mol. The van der Waals surface area contributed by atoms with Gasteiger partial charge in [-0.2, -0.15) is 13.2 Å². The SMILES string of the molecule is COC(=O)c1oc2ccc(C(F)(F)F)cc2c1N(CCN)CC(F)(F)C1CCC2(CC1)OCCO2. The maximum absolute atomic E-state index is 15.5. The maximum Gasteiger partial charge on any atom is 0.416 e. The van der Waals surface area contributed by atoms with E-state index in [-0.39, 0.29) is 42.6 Å². The van der Waals surface area contributed by atoms with Crippen LogP contribution in [0.15, 0.2) is 22.6 Å². The summed E-state index contributed by atoms with van der Waals surface area (Å²) in [4.78, 5) is 13.5. The number of anilines is 1. The third-order valence-electron chi connectivity index (χ3n) is 6.64. The van der Waals surface area contributed by atoms with E-state index >= 15 is 8.78 Å². The Morgan fingerprint density at radius 2 is 1.83 bits per heavy atom. The highest BCUT2D eigenvalue weighted by molar-refractivity contribution is 6.04. The minimum atomic E-state index is -4.68. The van der Waals surface area contributed by atoms with E-state index in [2.05, 4.69) is 0 Å². The first kappa shape index (κ1) is 25.6. The van der Waals surface area contributed by atoms with Crippen molar-refractivity contribution in [2.24, 2.45) is 11.7 Å². The van der Waals surface area contributed by atoms with Crippen molar-refractivity contribution in [2.75, 3.05) is 44.9 Å². The maximum atomic E-state index is 15.5. The van der Waals surface area contributed by atoms with Gasteiger partial charge in [0.25, 0.3) is 5.92 Å². The van der Waals surface area contributed by atoms with E-state index < -0.39 is 47.6 Å². The highest BCUT2D eigenvalue weighted by Crippen LogP contribution is 2.45. The number of methoxy groups -OCH3 is 1. The molecule has 1 aromatic carbocycles. The lowest BCUT2D eigenvalue weighted by Crippen LogP contribution is -2.47. The third-order valence-corrected chi connectivity index (χ3v) is 6.64. The molecule has 0 bridgehead atoms. The predicted molar refractivity (Wildman–Crippen MR) is 115 cm³/mol. The van der Waals surface area contributed by atoms with E-state index in [1.807, 2.05) is 0 Å². The lowest BCUT2D eigenvalue weighted by Gasteiger charge is -2.40. The fraction of sp³-hybridized carbons (Fsp3) is 0.609. The van der Waals surface area contributed by atoms with Crippen LogP contribution in [-0.2, 0) is 20.4 Å². The van der Waals surface area contributed by atoms with Crippen LogP contribution < -0.4 is 10.6 Å². The van der Waals surface area contributed by atoms with E-state index in [9.17, 15) is 18.0 Å². The molecule has 0 amide bonds. The van der Waals surface area contributed by atoms with E-state index in [0.29, 0.717) is 26.1 Å². The first-order chi connectivity index (χ1) is 16.5. The molecular formula is C23H27F5N2O5. The molecule has 1 aromatic heterocycles. The number of esters is 1. The largest absolute Gasteiger partial charge is 0.463 e. The predicted octanol–water partition coefficient (Wildman–Crippen LogP) is 4.57.